The second-order valence-electron chi connectivity index (χ2n) is 8.81. The first kappa shape index (κ1) is 21.7. The van der Waals surface area contributed by atoms with E-state index >= 15 is 0 Å². The number of hydrogen-bond acceptors (Lipinski definition) is 5. The predicted octanol–water partition coefficient (Wildman–Crippen LogP) is 5.29. The zero-order valence-electron chi connectivity index (χ0n) is 19.2. The van der Waals surface area contributed by atoms with Crippen LogP contribution < -0.4 is 10.6 Å². The first-order chi connectivity index (χ1) is 17.6. The van der Waals surface area contributed by atoms with E-state index in [0.29, 0.717) is 16.8 Å². The molecule has 36 heavy (non-hydrogen) atoms. The van der Waals surface area contributed by atoms with Crippen LogP contribution in [0, 0.1) is 5.92 Å². The molecule has 1 aliphatic carbocycles. The summed E-state index contributed by atoms with van der Waals surface area (Å²) in [5.74, 6) is -0.192. The first-order valence-corrected chi connectivity index (χ1v) is 11.7. The molecular weight excluding hydrogens is 452 g/mol. The molecule has 8 nitrogen and oxygen atoms in total. The number of nitrogens with zero attached hydrogens (tertiary/aromatic N) is 3. The highest BCUT2D eigenvalue weighted by molar-refractivity contribution is 6.11. The van der Waals surface area contributed by atoms with Crippen molar-refractivity contribution in [3.63, 3.8) is 0 Å². The standard InChI is InChI=1S/C28H22N6O2/c35-27(18-6-7-18)32-22-12-20(14-29-15-22)19-8-10-25-23(13-19)26(34-33-25)28(36)31-21-9-11-24(30-16-21)17-4-2-1-3-5-17/h1-5,8-16,18H,6-7H2,(H,31,36)(H,32,35)(H,33,34). The highest BCUT2D eigenvalue weighted by atomic mass is 16.2. The third kappa shape index (κ3) is 4.44. The van der Waals surface area contributed by atoms with Gasteiger partial charge in [0.25, 0.3) is 5.91 Å². The maximum atomic E-state index is 13.1. The van der Waals surface area contributed by atoms with Gasteiger partial charge in [-0.1, -0.05) is 36.4 Å². The number of benzene rings is 2. The van der Waals surface area contributed by atoms with E-state index in [0.717, 1.165) is 40.7 Å². The van der Waals surface area contributed by atoms with Crippen molar-refractivity contribution in [1.82, 2.24) is 20.2 Å². The fraction of sp³-hybridized carbons (Fsp3) is 0.107. The molecule has 0 bridgehead atoms. The number of carbonyl (C=O) groups excluding carboxylic acids is 2. The van der Waals surface area contributed by atoms with Crippen molar-refractivity contribution in [2.45, 2.75) is 12.8 Å². The SMILES string of the molecule is O=C(Nc1ccc(-c2ccccc2)nc1)c1n[nH]c2ccc(-c3cncc(NC(=O)C4CC4)c3)cc12. The Morgan fingerprint density at radius 3 is 2.44 bits per heavy atom. The summed E-state index contributed by atoms with van der Waals surface area (Å²) >= 11 is 0. The third-order valence-corrected chi connectivity index (χ3v) is 6.16. The van der Waals surface area contributed by atoms with Crippen LogP contribution in [0.1, 0.15) is 23.3 Å². The van der Waals surface area contributed by atoms with Gasteiger partial charge in [0.15, 0.2) is 5.69 Å². The summed E-state index contributed by atoms with van der Waals surface area (Å²) in [7, 11) is 0. The minimum absolute atomic E-state index is 0.0319. The molecule has 1 aliphatic rings. The highest BCUT2D eigenvalue weighted by Gasteiger charge is 2.29. The van der Waals surface area contributed by atoms with Crippen molar-refractivity contribution in [2.75, 3.05) is 10.6 Å². The summed E-state index contributed by atoms with van der Waals surface area (Å²) < 4.78 is 0. The number of pyridine rings is 2. The van der Waals surface area contributed by atoms with Gasteiger partial charge in [-0.25, -0.2) is 0 Å². The lowest BCUT2D eigenvalue weighted by molar-refractivity contribution is -0.117. The summed E-state index contributed by atoms with van der Waals surface area (Å²) in [5.41, 5.74) is 5.79. The van der Waals surface area contributed by atoms with Gasteiger partial charge in [-0.05, 0) is 48.7 Å². The smallest absolute Gasteiger partial charge is 0.276 e. The van der Waals surface area contributed by atoms with Crippen molar-refractivity contribution in [2.24, 2.45) is 5.92 Å². The van der Waals surface area contributed by atoms with Gasteiger partial charge in [-0.3, -0.25) is 24.7 Å². The van der Waals surface area contributed by atoms with Crippen molar-refractivity contribution >= 4 is 34.1 Å². The number of anilines is 2. The van der Waals surface area contributed by atoms with Gasteiger partial charge in [-0.2, -0.15) is 5.10 Å². The van der Waals surface area contributed by atoms with Crippen molar-refractivity contribution < 1.29 is 9.59 Å². The highest BCUT2D eigenvalue weighted by Crippen LogP contribution is 2.31. The number of carbonyl (C=O) groups is 2. The molecule has 2 aromatic carbocycles. The average Bonchev–Trinajstić information content (AvgIpc) is 3.69. The van der Waals surface area contributed by atoms with Gasteiger partial charge in [0.1, 0.15) is 0 Å². The fourth-order valence-corrected chi connectivity index (χ4v) is 4.06. The molecule has 1 fully saturated rings. The molecule has 3 aromatic heterocycles. The van der Waals surface area contributed by atoms with E-state index in [4.69, 9.17) is 0 Å². The van der Waals surface area contributed by atoms with E-state index in [1.54, 1.807) is 18.6 Å². The number of H-pyrrole nitrogens is 1. The number of rotatable bonds is 6. The molecule has 2 amide bonds. The summed E-state index contributed by atoms with van der Waals surface area (Å²) in [6, 6.07) is 21.1. The summed E-state index contributed by atoms with van der Waals surface area (Å²) in [6.07, 6.45) is 6.87. The molecule has 0 unspecified atom stereocenters. The lowest BCUT2D eigenvalue weighted by Gasteiger charge is -2.07. The molecule has 0 aliphatic heterocycles. The van der Waals surface area contributed by atoms with Crippen molar-refractivity contribution in [1.29, 1.82) is 0 Å². The molecule has 3 N–H and O–H groups in total. The van der Waals surface area contributed by atoms with Crippen LogP contribution in [0.2, 0.25) is 0 Å². The molecule has 0 saturated heterocycles. The molecule has 1 saturated carbocycles. The average molecular weight is 475 g/mol. The van der Waals surface area contributed by atoms with E-state index in [1.165, 1.54) is 0 Å². The van der Waals surface area contributed by atoms with Gasteiger partial charge in [-0.15, -0.1) is 0 Å². The second-order valence-corrected chi connectivity index (χ2v) is 8.81. The number of amides is 2. The van der Waals surface area contributed by atoms with Crippen molar-refractivity contribution in [3.05, 3.63) is 91.0 Å². The second kappa shape index (κ2) is 9.07. The Morgan fingerprint density at radius 2 is 1.67 bits per heavy atom. The minimum Gasteiger partial charge on any atom is -0.324 e. The number of hydrogen-bond donors (Lipinski definition) is 3. The monoisotopic (exact) mass is 474 g/mol. The van der Waals surface area contributed by atoms with E-state index in [2.05, 4.69) is 30.8 Å². The van der Waals surface area contributed by atoms with E-state index in [-0.39, 0.29) is 23.4 Å². The Bertz CT molecular complexity index is 1570. The Morgan fingerprint density at radius 1 is 0.806 bits per heavy atom. The summed E-state index contributed by atoms with van der Waals surface area (Å²) in [6.45, 7) is 0. The molecular formula is C28H22N6O2. The predicted molar refractivity (Wildman–Crippen MR) is 138 cm³/mol. The quantitative estimate of drug-likeness (QED) is 0.310. The first-order valence-electron chi connectivity index (χ1n) is 11.7. The summed E-state index contributed by atoms with van der Waals surface area (Å²) in [4.78, 5) is 33.9. The fourth-order valence-electron chi connectivity index (χ4n) is 4.06. The van der Waals surface area contributed by atoms with Crippen LogP contribution in [0.25, 0.3) is 33.3 Å². The number of fused-ring (bicyclic) bond motifs is 1. The largest absolute Gasteiger partial charge is 0.324 e. The number of aromatic nitrogens is 4. The molecule has 6 rings (SSSR count). The minimum atomic E-state index is -0.337. The topological polar surface area (TPSA) is 113 Å². The Labute approximate surface area is 206 Å². The molecule has 0 spiro atoms. The molecule has 176 valence electrons. The molecule has 0 radical (unpaired) electrons. The zero-order valence-corrected chi connectivity index (χ0v) is 19.2. The van der Waals surface area contributed by atoms with E-state index in [9.17, 15) is 9.59 Å². The third-order valence-electron chi connectivity index (χ3n) is 6.16. The van der Waals surface area contributed by atoms with Gasteiger partial charge in [0.2, 0.25) is 5.91 Å². The van der Waals surface area contributed by atoms with Gasteiger partial charge in [0.05, 0.1) is 35.0 Å². The Balaban J connectivity index is 1.23. The van der Waals surface area contributed by atoms with Gasteiger partial charge < -0.3 is 10.6 Å². The molecule has 3 heterocycles. The van der Waals surface area contributed by atoms with E-state index < -0.39 is 0 Å². The van der Waals surface area contributed by atoms with Crippen LogP contribution >= 0.6 is 0 Å². The van der Waals surface area contributed by atoms with Gasteiger partial charge in [0, 0.05) is 28.6 Å². The molecule has 8 heteroatoms. The number of aromatic amines is 1. The van der Waals surface area contributed by atoms with Crippen LogP contribution in [0.15, 0.2) is 85.3 Å². The molecule has 5 aromatic rings. The molecule has 0 atom stereocenters. The van der Waals surface area contributed by atoms with Crippen LogP contribution in [0.5, 0.6) is 0 Å². The van der Waals surface area contributed by atoms with Crippen LogP contribution in [-0.2, 0) is 4.79 Å². The van der Waals surface area contributed by atoms with Crippen LogP contribution in [-0.4, -0.2) is 32.0 Å². The van der Waals surface area contributed by atoms with Gasteiger partial charge >= 0.3 is 0 Å². The Kier molecular flexibility index (Phi) is 5.46. The Hall–Kier alpha value is -4.85. The lowest BCUT2D eigenvalue weighted by Crippen LogP contribution is -2.13. The zero-order chi connectivity index (χ0) is 24.5. The normalized spacial score (nSPS) is 12.9. The van der Waals surface area contributed by atoms with E-state index in [1.807, 2.05) is 66.7 Å². The lowest BCUT2D eigenvalue weighted by atomic mass is 10.0. The number of nitrogens with one attached hydrogen (secondary N) is 3. The maximum Gasteiger partial charge on any atom is 0.276 e. The summed E-state index contributed by atoms with van der Waals surface area (Å²) in [5, 5.41) is 13.7. The van der Waals surface area contributed by atoms with Crippen molar-refractivity contribution in [3.8, 4) is 22.4 Å². The van der Waals surface area contributed by atoms with Crippen LogP contribution in [0.3, 0.4) is 0 Å². The maximum absolute atomic E-state index is 13.1. The van der Waals surface area contributed by atoms with Crippen LogP contribution in [0.4, 0.5) is 11.4 Å².